The van der Waals surface area contributed by atoms with Crippen molar-refractivity contribution in [2.45, 2.75) is 6.92 Å². The molecule has 3 aromatic rings. The van der Waals surface area contributed by atoms with Crippen LogP contribution in [-0.2, 0) is 0 Å². The van der Waals surface area contributed by atoms with Crippen LogP contribution in [0.25, 0.3) is 5.65 Å². The van der Waals surface area contributed by atoms with E-state index in [9.17, 15) is 0 Å². The average molecular weight is 254 g/mol. The predicted octanol–water partition coefficient (Wildman–Crippen LogP) is 2.22. The molecule has 0 radical (unpaired) electrons. The van der Waals surface area contributed by atoms with E-state index in [0.717, 1.165) is 5.69 Å². The Morgan fingerprint density at radius 3 is 2.89 bits per heavy atom. The summed E-state index contributed by atoms with van der Waals surface area (Å²) in [5.74, 6) is 1.37. The molecule has 3 rings (SSSR count). The van der Waals surface area contributed by atoms with Gasteiger partial charge in [-0.25, -0.2) is 4.98 Å². The van der Waals surface area contributed by atoms with E-state index in [1.54, 1.807) is 6.20 Å². The third kappa shape index (κ3) is 2.08. The highest BCUT2D eigenvalue weighted by atomic mass is 15.3. The van der Waals surface area contributed by atoms with Crippen molar-refractivity contribution in [2.24, 2.45) is 0 Å². The van der Waals surface area contributed by atoms with Crippen LogP contribution in [-0.4, -0.2) is 26.6 Å². The van der Waals surface area contributed by atoms with Gasteiger partial charge in [0.25, 0.3) is 0 Å². The van der Waals surface area contributed by atoms with Crippen molar-refractivity contribution < 1.29 is 0 Å². The predicted molar refractivity (Wildman–Crippen MR) is 74.8 cm³/mol. The van der Waals surface area contributed by atoms with Crippen molar-refractivity contribution in [3.8, 4) is 0 Å². The van der Waals surface area contributed by atoms with E-state index in [0.29, 0.717) is 17.4 Å². The molecular formula is C13H14N6. The molecule has 6 nitrogen and oxygen atoms in total. The van der Waals surface area contributed by atoms with Crippen molar-refractivity contribution in [1.29, 1.82) is 0 Å². The summed E-state index contributed by atoms with van der Waals surface area (Å²) in [6.07, 6.45) is 3.54. The Morgan fingerprint density at radius 1 is 1.21 bits per heavy atom. The van der Waals surface area contributed by atoms with Crippen LogP contribution in [0.5, 0.6) is 0 Å². The summed E-state index contributed by atoms with van der Waals surface area (Å²) < 4.78 is 1.85. The minimum Gasteiger partial charge on any atom is -0.357 e. The molecule has 0 saturated carbocycles. The van der Waals surface area contributed by atoms with Crippen molar-refractivity contribution >= 4 is 23.1 Å². The van der Waals surface area contributed by atoms with Crippen molar-refractivity contribution in [3.05, 3.63) is 42.2 Å². The molecule has 0 fully saturated rings. The van der Waals surface area contributed by atoms with Gasteiger partial charge in [0, 0.05) is 25.1 Å². The lowest BCUT2D eigenvalue weighted by molar-refractivity contribution is 1.09. The fourth-order valence-electron chi connectivity index (χ4n) is 1.94. The number of nitrogens with zero attached hydrogens (tertiary/aromatic N) is 4. The SMILES string of the molecule is CNc1nnc2c(Nc3cccc(C)c3)nccn12. The summed E-state index contributed by atoms with van der Waals surface area (Å²) in [4.78, 5) is 4.32. The zero-order chi connectivity index (χ0) is 13.2. The van der Waals surface area contributed by atoms with Crippen molar-refractivity contribution in [3.63, 3.8) is 0 Å². The molecule has 0 bridgehead atoms. The lowest BCUT2D eigenvalue weighted by Gasteiger charge is -2.07. The smallest absolute Gasteiger partial charge is 0.228 e. The van der Waals surface area contributed by atoms with Crippen molar-refractivity contribution in [1.82, 2.24) is 19.6 Å². The topological polar surface area (TPSA) is 67.1 Å². The first-order valence-corrected chi connectivity index (χ1v) is 5.99. The number of anilines is 3. The van der Waals surface area contributed by atoms with E-state index in [2.05, 4.69) is 44.9 Å². The molecule has 19 heavy (non-hydrogen) atoms. The second-order valence-electron chi connectivity index (χ2n) is 4.24. The van der Waals surface area contributed by atoms with Gasteiger partial charge in [0.15, 0.2) is 5.82 Å². The first kappa shape index (κ1) is 11.5. The van der Waals surface area contributed by atoms with E-state index in [-0.39, 0.29) is 0 Å². The Hall–Kier alpha value is -2.63. The third-order valence-electron chi connectivity index (χ3n) is 2.83. The summed E-state index contributed by atoms with van der Waals surface area (Å²) in [6.45, 7) is 2.05. The van der Waals surface area contributed by atoms with Gasteiger partial charge < -0.3 is 10.6 Å². The van der Waals surface area contributed by atoms with Crippen LogP contribution in [0.15, 0.2) is 36.7 Å². The maximum absolute atomic E-state index is 4.32. The van der Waals surface area contributed by atoms with Gasteiger partial charge >= 0.3 is 0 Å². The zero-order valence-corrected chi connectivity index (χ0v) is 10.8. The van der Waals surface area contributed by atoms with E-state index >= 15 is 0 Å². The molecule has 0 aliphatic carbocycles. The molecule has 0 unspecified atom stereocenters. The van der Waals surface area contributed by atoms with Crippen LogP contribution in [0.2, 0.25) is 0 Å². The Morgan fingerprint density at radius 2 is 2.11 bits per heavy atom. The highest BCUT2D eigenvalue weighted by Crippen LogP contribution is 2.20. The van der Waals surface area contributed by atoms with Gasteiger partial charge in [0.05, 0.1) is 0 Å². The number of fused-ring (bicyclic) bond motifs is 1. The molecule has 2 heterocycles. The van der Waals surface area contributed by atoms with Crippen LogP contribution >= 0.6 is 0 Å². The third-order valence-corrected chi connectivity index (χ3v) is 2.83. The standard InChI is InChI=1S/C13H14N6/c1-9-4-3-5-10(8-9)16-11-12-17-18-13(14-2)19(12)7-6-15-11/h3-8H,1-2H3,(H,14,18)(H,15,16). The van der Waals surface area contributed by atoms with E-state index in [1.165, 1.54) is 5.56 Å². The highest BCUT2D eigenvalue weighted by Gasteiger charge is 2.09. The maximum Gasteiger partial charge on any atom is 0.228 e. The minimum absolute atomic E-state index is 0.683. The molecular weight excluding hydrogens is 240 g/mol. The average Bonchev–Trinajstić information content (AvgIpc) is 2.83. The maximum atomic E-state index is 4.32. The molecule has 0 amide bonds. The Balaban J connectivity index is 2.03. The lowest BCUT2D eigenvalue weighted by Crippen LogP contribution is -2.00. The number of rotatable bonds is 3. The summed E-state index contributed by atoms with van der Waals surface area (Å²) >= 11 is 0. The summed E-state index contributed by atoms with van der Waals surface area (Å²) in [7, 11) is 1.81. The highest BCUT2D eigenvalue weighted by molar-refractivity contribution is 5.70. The van der Waals surface area contributed by atoms with Gasteiger partial charge in [-0.3, -0.25) is 4.40 Å². The number of hydrogen-bond acceptors (Lipinski definition) is 5. The van der Waals surface area contributed by atoms with Gasteiger partial charge in [-0.15, -0.1) is 10.2 Å². The summed E-state index contributed by atoms with van der Waals surface area (Å²) in [6, 6.07) is 8.10. The quantitative estimate of drug-likeness (QED) is 0.750. The van der Waals surface area contributed by atoms with Crippen LogP contribution in [0.1, 0.15) is 5.56 Å². The van der Waals surface area contributed by atoms with Gasteiger partial charge in [-0.2, -0.15) is 0 Å². The first-order chi connectivity index (χ1) is 9.28. The molecule has 1 aromatic carbocycles. The molecule has 6 heteroatoms. The Labute approximate surface area is 110 Å². The zero-order valence-electron chi connectivity index (χ0n) is 10.8. The molecule has 96 valence electrons. The van der Waals surface area contributed by atoms with E-state index < -0.39 is 0 Å². The number of nitrogens with one attached hydrogen (secondary N) is 2. The monoisotopic (exact) mass is 254 g/mol. The molecule has 0 aliphatic heterocycles. The van der Waals surface area contributed by atoms with Gasteiger partial charge in [0.2, 0.25) is 11.6 Å². The van der Waals surface area contributed by atoms with Crippen LogP contribution < -0.4 is 10.6 Å². The van der Waals surface area contributed by atoms with Gasteiger partial charge in [-0.05, 0) is 24.6 Å². The first-order valence-electron chi connectivity index (χ1n) is 5.99. The molecule has 2 aromatic heterocycles. The number of benzene rings is 1. The summed E-state index contributed by atoms with van der Waals surface area (Å²) in [5, 5.41) is 14.4. The van der Waals surface area contributed by atoms with E-state index in [1.807, 2.05) is 29.8 Å². The largest absolute Gasteiger partial charge is 0.357 e. The van der Waals surface area contributed by atoms with Gasteiger partial charge in [-0.1, -0.05) is 12.1 Å². The minimum atomic E-state index is 0.683. The fourth-order valence-corrected chi connectivity index (χ4v) is 1.94. The lowest BCUT2D eigenvalue weighted by atomic mass is 10.2. The Kier molecular flexibility index (Phi) is 2.75. The van der Waals surface area contributed by atoms with Crippen LogP contribution in [0.4, 0.5) is 17.5 Å². The molecule has 0 saturated heterocycles. The Bertz CT molecular complexity index is 718. The van der Waals surface area contributed by atoms with Crippen LogP contribution in [0.3, 0.4) is 0 Å². The fraction of sp³-hybridized carbons (Fsp3) is 0.154. The second kappa shape index (κ2) is 4.56. The van der Waals surface area contributed by atoms with Gasteiger partial charge in [0.1, 0.15) is 0 Å². The second-order valence-corrected chi connectivity index (χ2v) is 4.24. The van der Waals surface area contributed by atoms with Crippen LogP contribution in [0, 0.1) is 6.92 Å². The molecule has 2 N–H and O–H groups in total. The molecule has 0 spiro atoms. The number of aryl methyl sites for hydroxylation is 1. The molecule has 0 aliphatic rings. The van der Waals surface area contributed by atoms with E-state index in [4.69, 9.17) is 0 Å². The number of hydrogen-bond donors (Lipinski definition) is 2. The summed E-state index contributed by atoms with van der Waals surface area (Å²) in [5.41, 5.74) is 2.86. The number of aromatic nitrogens is 4. The normalized spacial score (nSPS) is 10.6. The molecule has 0 atom stereocenters. The van der Waals surface area contributed by atoms with Crippen molar-refractivity contribution in [2.75, 3.05) is 17.7 Å².